The molecule has 2 aromatic heterocycles. The summed E-state index contributed by atoms with van der Waals surface area (Å²) in [4.78, 5) is 12.2. The summed E-state index contributed by atoms with van der Waals surface area (Å²) in [5, 5.41) is 13.7. The van der Waals surface area contributed by atoms with Crippen LogP contribution in [0, 0.1) is 6.92 Å². The van der Waals surface area contributed by atoms with E-state index in [0.717, 1.165) is 11.3 Å². The highest BCUT2D eigenvalue weighted by molar-refractivity contribution is 5.79. The van der Waals surface area contributed by atoms with Gasteiger partial charge in [0.05, 0.1) is 43.8 Å². The minimum absolute atomic E-state index is 0.0626. The van der Waals surface area contributed by atoms with Crippen molar-refractivity contribution in [2.75, 3.05) is 13.2 Å². The van der Waals surface area contributed by atoms with E-state index >= 15 is 0 Å². The minimum atomic E-state index is -0.212. The fourth-order valence-corrected chi connectivity index (χ4v) is 2.52. The normalized spacial score (nSPS) is 21.0. The molecule has 8 nitrogen and oxygen atoms in total. The molecule has 0 unspecified atom stereocenters. The van der Waals surface area contributed by atoms with Crippen molar-refractivity contribution in [1.82, 2.24) is 25.3 Å². The van der Waals surface area contributed by atoms with Gasteiger partial charge in [0.15, 0.2) is 5.75 Å². The Labute approximate surface area is 127 Å². The molecular weight excluding hydrogens is 286 g/mol. The second kappa shape index (κ2) is 6.18. The van der Waals surface area contributed by atoms with Crippen LogP contribution in [-0.2, 0) is 23.0 Å². The molecule has 0 aromatic carbocycles. The SMILES string of the molecule is Cc1nn(C)cc1CC(=O)N[C@H]1COC[C@H]1Oc1cn[nH]c1. The summed E-state index contributed by atoms with van der Waals surface area (Å²) >= 11 is 0. The lowest BCUT2D eigenvalue weighted by molar-refractivity contribution is -0.121. The molecule has 1 fully saturated rings. The van der Waals surface area contributed by atoms with E-state index in [1.807, 2.05) is 20.2 Å². The van der Waals surface area contributed by atoms with Crippen molar-refractivity contribution < 1.29 is 14.3 Å². The maximum Gasteiger partial charge on any atom is 0.224 e. The van der Waals surface area contributed by atoms with Gasteiger partial charge in [-0.1, -0.05) is 0 Å². The minimum Gasteiger partial charge on any atom is -0.482 e. The van der Waals surface area contributed by atoms with Crippen molar-refractivity contribution in [2.45, 2.75) is 25.5 Å². The number of nitrogens with zero attached hydrogens (tertiary/aromatic N) is 3. The Hall–Kier alpha value is -2.35. The summed E-state index contributed by atoms with van der Waals surface area (Å²) in [6, 6.07) is -0.167. The molecule has 8 heteroatoms. The summed E-state index contributed by atoms with van der Waals surface area (Å²) in [5.74, 6) is 0.574. The van der Waals surface area contributed by atoms with Gasteiger partial charge in [-0.3, -0.25) is 14.6 Å². The van der Waals surface area contributed by atoms with Gasteiger partial charge < -0.3 is 14.8 Å². The van der Waals surface area contributed by atoms with Crippen LogP contribution in [0.3, 0.4) is 0 Å². The van der Waals surface area contributed by atoms with Crippen molar-refractivity contribution in [1.29, 1.82) is 0 Å². The molecule has 1 saturated heterocycles. The monoisotopic (exact) mass is 305 g/mol. The van der Waals surface area contributed by atoms with Gasteiger partial charge in [-0.2, -0.15) is 10.2 Å². The van der Waals surface area contributed by atoms with Crippen molar-refractivity contribution in [3.63, 3.8) is 0 Å². The van der Waals surface area contributed by atoms with E-state index < -0.39 is 0 Å². The number of aromatic amines is 1. The second-order valence-corrected chi connectivity index (χ2v) is 5.39. The number of amides is 1. The number of aromatic nitrogens is 4. The number of hydrogen-bond acceptors (Lipinski definition) is 5. The van der Waals surface area contributed by atoms with Crippen molar-refractivity contribution in [2.24, 2.45) is 7.05 Å². The lowest BCUT2D eigenvalue weighted by Crippen LogP contribution is -2.45. The molecule has 2 atom stereocenters. The predicted molar refractivity (Wildman–Crippen MR) is 77.4 cm³/mol. The topological polar surface area (TPSA) is 94.1 Å². The van der Waals surface area contributed by atoms with E-state index in [0.29, 0.717) is 25.4 Å². The Morgan fingerprint density at radius 3 is 3.14 bits per heavy atom. The predicted octanol–water partition coefficient (Wildman–Crippen LogP) is -0.0433. The van der Waals surface area contributed by atoms with Crippen LogP contribution in [0.2, 0.25) is 0 Å². The van der Waals surface area contributed by atoms with E-state index in [1.54, 1.807) is 17.1 Å². The van der Waals surface area contributed by atoms with Crippen LogP contribution in [0.4, 0.5) is 0 Å². The van der Waals surface area contributed by atoms with Gasteiger partial charge in [-0.25, -0.2) is 0 Å². The highest BCUT2D eigenvalue weighted by Gasteiger charge is 2.31. The third kappa shape index (κ3) is 3.28. The van der Waals surface area contributed by atoms with Crippen molar-refractivity contribution in [3.8, 4) is 5.75 Å². The number of carbonyl (C=O) groups is 1. The van der Waals surface area contributed by atoms with E-state index in [-0.39, 0.29) is 18.1 Å². The molecule has 1 aliphatic heterocycles. The number of ether oxygens (including phenoxy) is 2. The Bertz CT molecular complexity index is 637. The number of H-pyrrole nitrogens is 1. The van der Waals surface area contributed by atoms with Crippen LogP contribution in [0.5, 0.6) is 5.75 Å². The largest absolute Gasteiger partial charge is 0.482 e. The van der Waals surface area contributed by atoms with Gasteiger partial charge in [0.25, 0.3) is 0 Å². The van der Waals surface area contributed by atoms with Crippen LogP contribution in [0.25, 0.3) is 0 Å². The first kappa shape index (κ1) is 14.6. The first-order valence-electron chi connectivity index (χ1n) is 7.13. The average molecular weight is 305 g/mol. The zero-order valence-electron chi connectivity index (χ0n) is 12.6. The number of aryl methyl sites for hydroxylation is 2. The first-order valence-corrected chi connectivity index (χ1v) is 7.13. The van der Waals surface area contributed by atoms with Crippen molar-refractivity contribution in [3.05, 3.63) is 29.8 Å². The van der Waals surface area contributed by atoms with Crippen LogP contribution < -0.4 is 10.1 Å². The quantitative estimate of drug-likeness (QED) is 0.808. The highest BCUT2D eigenvalue weighted by Crippen LogP contribution is 2.15. The van der Waals surface area contributed by atoms with Gasteiger partial charge in [0.2, 0.25) is 5.91 Å². The number of hydrogen-bond donors (Lipinski definition) is 2. The molecule has 1 amide bonds. The summed E-state index contributed by atoms with van der Waals surface area (Å²) in [5.41, 5.74) is 1.79. The molecule has 3 rings (SSSR count). The van der Waals surface area contributed by atoms with E-state index in [9.17, 15) is 4.79 Å². The first-order chi connectivity index (χ1) is 10.6. The van der Waals surface area contributed by atoms with E-state index in [4.69, 9.17) is 9.47 Å². The Kier molecular flexibility index (Phi) is 4.10. The fraction of sp³-hybridized carbons (Fsp3) is 0.500. The smallest absolute Gasteiger partial charge is 0.224 e. The standard InChI is InChI=1S/C14H19N5O3/c1-9-10(6-19(2)18-9)3-14(20)17-12-7-21-8-13(12)22-11-4-15-16-5-11/h4-6,12-13H,3,7-8H2,1-2H3,(H,15,16)(H,17,20)/t12-,13+/m0/s1. The Morgan fingerprint density at radius 2 is 2.45 bits per heavy atom. The second-order valence-electron chi connectivity index (χ2n) is 5.39. The summed E-state index contributed by atoms with van der Waals surface area (Å²) in [7, 11) is 1.84. The molecule has 0 aliphatic carbocycles. The lowest BCUT2D eigenvalue weighted by atomic mass is 10.1. The molecule has 1 aliphatic rings. The van der Waals surface area contributed by atoms with Crippen LogP contribution in [0.15, 0.2) is 18.6 Å². The van der Waals surface area contributed by atoms with Gasteiger partial charge in [0, 0.05) is 18.8 Å². The lowest BCUT2D eigenvalue weighted by Gasteiger charge is -2.19. The van der Waals surface area contributed by atoms with Gasteiger partial charge in [0.1, 0.15) is 6.10 Å². The summed E-state index contributed by atoms with van der Waals surface area (Å²) in [6.45, 7) is 2.79. The Balaban J connectivity index is 1.57. The van der Waals surface area contributed by atoms with E-state index in [2.05, 4.69) is 20.6 Å². The maximum atomic E-state index is 12.2. The van der Waals surface area contributed by atoms with Gasteiger partial charge >= 0.3 is 0 Å². The van der Waals surface area contributed by atoms with E-state index in [1.165, 1.54) is 0 Å². The number of rotatable bonds is 5. The molecule has 118 valence electrons. The zero-order chi connectivity index (χ0) is 15.5. The van der Waals surface area contributed by atoms with Gasteiger partial charge in [-0.15, -0.1) is 0 Å². The third-order valence-electron chi connectivity index (χ3n) is 3.60. The Morgan fingerprint density at radius 1 is 1.59 bits per heavy atom. The molecule has 22 heavy (non-hydrogen) atoms. The van der Waals surface area contributed by atoms with Crippen LogP contribution in [0.1, 0.15) is 11.3 Å². The molecule has 2 aromatic rings. The number of carbonyl (C=O) groups excluding carboxylic acids is 1. The molecule has 0 bridgehead atoms. The summed E-state index contributed by atoms with van der Waals surface area (Å²) < 4.78 is 12.9. The molecule has 0 saturated carbocycles. The van der Waals surface area contributed by atoms with Gasteiger partial charge in [-0.05, 0) is 6.92 Å². The number of nitrogens with one attached hydrogen (secondary N) is 2. The average Bonchev–Trinajstić information content (AvgIpc) is 3.16. The molecular formula is C14H19N5O3. The molecule has 0 spiro atoms. The molecule has 2 N–H and O–H groups in total. The molecule has 0 radical (unpaired) electrons. The van der Waals surface area contributed by atoms with Crippen LogP contribution >= 0.6 is 0 Å². The third-order valence-corrected chi connectivity index (χ3v) is 3.60. The summed E-state index contributed by atoms with van der Waals surface area (Å²) in [6.07, 6.45) is 5.21. The van der Waals surface area contributed by atoms with Crippen molar-refractivity contribution >= 4 is 5.91 Å². The zero-order valence-corrected chi connectivity index (χ0v) is 12.6. The maximum absolute atomic E-state index is 12.2. The molecule has 3 heterocycles. The fourth-order valence-electron chi connectivity index (χ4n) is 2.52. The van der Waals surface area contributed by atoms with Crippen LogP contribution in [-0.4, -0.2) is 51.2 Å². The highest BCUT2D eigenvalue weighted by atomic mass is 16.5.